The second kappa shape index (κ2) is 16.9. The van der Waals surface area contributed by atoms with Crippen LogP contribution in [0.5, 0.6) is 0 Å². The summed E-state index contributed by atoms with van der Waals surface area (Å²) in [5.74, 6) is 0.133. The van der Waals surface area contributed by atoms with Gasteiger partial charge in [0.2, 0.25) is 12.3 Å². The number of hydrogen-bond donors (Lipinski definition) is 4. The van der Waals surface area contributed by atoms with Crippen molar-refractivity contribution in [2.24, 2.45) is 0 Å². The third-order valence-electron chi connectivity index (χ3n) is 7.77. The summed E-state index contributed by atoms with van der Waals surface area (Å²) in [5, 5.41) is 20.8. The van der Waals surface area contributed by atoms with E-state index in [0.717, 1.165) is 59.1 Å². The van der Waals surface area contributed by atoms with Crippen molar-refractivity contribution in [3.8, 4) is 0 Å². The van der Waals surface area contributed by atoms with Gasteiger partial charge in [-0.05, 0) is 72.0 Å². The second-order valence-electron chi connectivity index (χ2n) is 10.9. The molecule has 3 aromatic carbocycles. The molecule has 0 aliphatic carbocycles. The molecule has 1 amide bonds. The van der Waals surface area contributed by atoms with E-state index in [-0.39, 0.29) is 18.1 Å². The molecule has 8 nitrogen and oxygen atoms in total. The van der Waals surface area contributed by atoms with Gasteiger partial charge in [0.15, 0.2) is 0 Å². The quantitative estimate of drug-likeness (QED) is 0.106. The van der Waals surface area contributed by atoms with E-state index in [4.69, 9.17) is 21.1 Å². The van der Waals surface area contributed by atoms with Crippen LogP contribution in [-0.2, 0) is 20.7 Å². The number of halogens is 1. The Bertz CT molecular complexity index is 1440. The van der Waals surface area contributed by atoms with E-state index in [1.54, 1.807) is 24.2 Å². The highest BCUT2D eigenvalue weighted by molar-refractivity contribution is 7.99. The van der Waals surface area contributed by atoms with Crippen LogP contribution in [0.2, 0.25) is 5.02 Å². The van der Waals surface area contributed by atoms with Crippen LogP contribution in [0.15, 0.2) is 108 Å². The van der Waals surface area contributed by atoms with Gasteiger partial charge in [-0.25, -0.2) is 0 Å². The van der Waals surface area contributed by atoms with Gasteiger partial charge in [0.1, 0.15) is 6.04 Å². The van der Waals surface area contributed by atoms with E-state index >= 15 is 0 Å². The number of nitrogens with zero attached hydrogens (tertiary/aromatic N) is 1. The fraction of sp³-hybridized carbons (Fsp3) is 0.314. The molecule has 4 N–H and O–H groups in total. The van der Waals surface area contributed by atoms with Gasteiger partial charge in [0.25, 0.3) is 0 Å². The van der Waals surface area contributed by atoms with Crippen LogP contribution in [0, 0.1) is 0 Å². The van der Waals surface area contributed by atoms with Crippen LogP contribution >= 0.6 is 23.4 Å². The highest BCUT2D eigenvalue weighted by Crippen LogP contribution is 2.30. The molecule has 1 saturated heterocycles. The number of aryl methyl sites for hydroxylation is 1. The number of methoxy groups -OCH3 is 1. The lowest BCUT2D eigenvalue weighted by Gasteiger charge is -2.31. The van der Waals surface area contributed by atoms with Gasteiger partial charge in [-0.1, -0.05) is 60.1 Å². The summed E-state index contributed by atoms with van der Waals surface area (Å²) in [7, 11) is 1.38. The zero-order valence-corrected chi connectivity index (χ0v) is 26.7. The Morgan fingerprint density at radius 1 is 1.00 bits per heavy atom. The summed E-state index contributed by atoms with van der Waals surface area (Å²) in [5.41, 5.74) is 3.53. The molecule has 10 heteroatoms. The van der Waals surface area contributed by atoms with Crippen molar-refractivity contribution in [2.45, 2.75) is 48.3 Å². The molecule has 1 aliphatic rings. The predicted molar refractivity (Wildman–Crippen MR) is 180 cm³/mol. The first kappa shape index (κ1) is 33.1. The lowest BCUT2D eigenvalue weighted by molar-refractivity contribution is -0.129. The maximum absolute atomic E-state index is 14.1. The first-order valence-electron chi connectivity index (χ1n) is 15.0. The van der Waals surface area contributed by atoms with E-state index in [1.807, 2.05) is 91.0 Å². The van der Waals surface area contributed by atoms with Gasteiger partial charge in [0, 0.05) is 59.9 Å². The molecule has 1 fully saturated rings. The monoisotopic (exact) mass is 646 g/mol. The molecular weight excluding hydrogens is 608 g/mol. The minimum absolute atomic E-state index is 0.0544. The first-order valence-corrected chi connectivity index (χ1v) is 16.4. The average Bonchev–Trinajstić information content (AvgIpc) is 3.08. The molecule has 0 spiro atoms. The second-order valence-corrected chi connectivity index (χ2v) is 12.4. The van der Waals surface area contributed by atoms with E-state index in [1.165, 1.54) is 12.0 Å². The van der Waals surface area contributed by atoms with Crippen molar-refractivity contribution in [3.05, 3.63) is 125 Å². The minimum atomic E-state index is -1.34. The number of amides is 1. The number of hydrogen-bond acceptors (Lipinski definition) is 8. The lowest BCUT2D eigenvalue weighted by atomic mass is 9.85. The molecule has 1 aromatic heterocycles. The average molecular weight is 647 g/mol. The largest absolute Gasteiger partial charge is 0.371 e. The Hall–Kier alpha value is -3.28. The Morgan fingerprint density at radius 2 is 1.69 bits per heavy atom. The molecule has 1 unspecified atom stereocenters. The topological polar surface area (TPSA) is 105 Å². The zero-order chi connectivity index (χ0) is 31.4. The van der Waals surface area contributed by atoms with Crippen molar-refractivity contribution in [3.63, 3.8) is 0 Å². The van der Waals surface area contributed by atoms with Crippen molar-refractivity contribution in [1.82, 2.24) is 15.6 Å². The van der Waals surface area contributed by atoms with Crippen molar-refractivity contribution in [2.75, 3.05) is 31.3 Å². The van der Waals surface area contributed by atoms with Crippen molar-refractivity contribution < 1.29 is 19.4 Å². The van der Waals surface area contributed by atoms with Gasteiger partial charge < -0.3 is 25.2 Å². The number of anilines is 1. The number of morpholine rings is 1. The van der Waals surface area contributed by atoms with Gasteiger partial charge in [-0.2, -0.15) is 0 Å². The number of aliphatic hydroxyl groups is 1. The number of carbonyl (C=O) groups is 1. The van der Waals surface area contributed by atoms with E-state index in [2.05, 4.69) is 20.9 Å². The molecule has 0 bridgehead atoms. The predicted octanol–water partition coefficient (Wildman–Crippen LogP) is 5.47. The van der Waals surface area contributed by atoms with Gasteiger partial charge >= 0.3 is 0 Å². The summed E-state index contributed by atoms with van der Waals surface area (Å²) in [6.07, 6.45) is 3.74. The highest BCUT2D eigenvalue weighted by atomic mass is 35.5. The molecule has 4 aromatic rings. The fourth-order valence-electron chi connectivity index (χ4n) is 5.50. The summed E-state index contributed by atoms with van der Waals surface area (Å²) >= 11 is 7.78. The van der Waals surface area contributed by atoms with Gasteiger partial charge in [-0.3, -0.25) is 15.1 Å². The van der Waals surface area contributed by atoms with E-state index in [9.17, 15) is 9.90 Å². The van der Waals surface area contributed by atoms with Crippen LogP contribution in [-0.4, -0.2) is 66.6 Å². The molecule has 45 heavy (non-hydrogen) atoms. The van der Waals surface area contributed by atoms with Crippen LogP contribution in [0.4, 0.5) is 5.69 Å². The smallest absolute Gasteiger partial charge is 0.242 e. The molecule has 1 aliphatic heterocycles. The lowest BCUT2D eigenvalue weighted by Crippen LogP contribution is -2.50. The summed E-state index contributed by atoms with van der Waals surface area (Å²) in [4.78, 5) is 19.4. The Morgan fingerprint density at radius 3 is 2.44 bits per heavy atom. The van der Waals surface area contributed by atoms with Gasteiger partial charge in [0.05, 0.1) is 12.2 Å². The highest BCUT2D eigenvalue weighted by Gasteiger charge is 2.33. The van der Waals surface area contributed by atoms with Gasteiger partial charge in [-0.15, -0.1) is 11.8 Å². The standard InChI is InChI=1S/C35H39ClN4O4S/c1-43-35(42)40-33(32(25-8-3-2-4-9-25)26-17-19-37-20-18-26)34(41)39-31-10-6-5-7-24(31)11-14-28-21-38-22-29(44-28)23-45-30-15-12-27(36)13-16-30/h2-10,12-13,15-20,28-29,32-33,35,38,40,42H,11,14,21-23H2,1H3,(H,39,41)/t28-,29+,32-,33+,35?/m1/s1. The minimum Gasteiger partial charge on any atom is -0.371 e. The number of benzene rings is 3. The first-order chi connectivity index (χ1) is 22.0. The van der Waals surface area contributed by atoms with Crippen molar-refractivity contribution in [1.29, 1.82) is 0 Å². The number of aliphatic hydroxyl groups excluding tert-OH is 1. The summed E-state index contributed by atoms with van der Waals surface area (Å²) in [6, 6.07) is 28.3. The number of nitrogens with one attached hydrogen (secondary N) is 3. The number of ether oxygens (including phenoxy) is 2. The molecule has 2 heterocycles. The molecular formula is C35H39ClN4O4S. The van der Waals surface area contributed by atoms with Crippen LogP contribution in [0.3, 0.4) is 0 Å². The zero-order valence-electron chi connectivity index (χ0n) is 25.1. The molecule has 0 saturated carbocycles. The Balaban J connectivity index is 1.27. The number of para-hydroxylation sites is 1. The third kappa shape index (κ3) is 9.61. The molecule has 5 atom stereocenters. The third-order valence-corrected chi connectivity index (χ3v) is 9.17. The fourth-order valence-corrected chi connectivity index (χ4v) is 6.53. The summed E-state index contributed by atoms with van der Waals surface area (Å²) in [6.45, 7) is 1.59. The van der Waals surface area contributed by atoms with Crippen LogP contribution in [0.25, 0.3) is 0 Å². The number of rotatable bonds is 14. The Labute approximate surface area is 273 Å². The van der Waals surface area contributed by atoms with E-state index in [0.29, 0.717) is 0 Å². The van der Waals surface area contributed by atoms with Crippen LogP contribution in [0.1, 0.15) is 29.0 Å². The normalized spacial score (nSPS) is 18.6. The number of pyridine rings is 1. The van der Waals surface area contributed by atoms with E-state index < -0.39 is 18.4 Å². The molecule has 5 rings (SSSR count). The number of aromatic nitrogens is 1. The van der Waals surface area contributed by atoms with Crippen molar-refractivity contribution >= 4 is 35.0 Å². The number of thioether (sulfide) groups is 1. The molecule has 0 radical (unpaired) electrons. The van der Waals surface area contributed by atoms with Crippen LogP contribution < -0.4 is 16.0 Å². The maximum Gasteiger partial charge on any atom is 0.242 e. The molecule has 236 valence electrons. The Kier molecular flexibility index (Phi) is 12.4. The maximum atomic E-state index is 14.1. The SMILES string of the molecule is COC(O)N[C@H](C(=O)Nc1ccccc1CC[C@@H]1CNC[C@@H](CSc2ccc(Cl)cc2)O1)[C@H](c1ccccc1)c1ccncc1. The summed E-state index contributed by atoms with van der Waals surface area (Å²) < 4.78 is 11.6. The number of carbonyl (C=O) groups excluding carboxylic acids is 1.